The van der Waals surface area contributed by atoms with Gasteiger partial charge < -0.3 is 5.32 Å². The average Bonchev–Trinajstić information content (AvgIpc) is 2.42. The highest BCUT2D eigenvalue weighted by molar-refractivity contribution is 14.1. The third-order valence-electron chi connectivity index (χ3n) is 3.60. The number of anilines is 1. The van der Waals surface area contributed by atoms with Crippen LogP contribution in [0.5, 0.6) is 0 Å². The van der Waals surface area contributed by atoms with E-state index in [1.54, 1.807) is 0 Å². The second-order valence-corrected chi connectivity index (χ2v) is 7.11. The molecule has 1 aromatic carbocycles. The van der Waals surface area contributed by atoms with Crippen molar-refractivity contribution < 1.29 is 0 Å². The molecule has 0 spiro atoms. The summed E-state index contributed by atoms with van der Waals surface area (Å²) in [4.78, 5) is 0. The number of rotatable bonds is 10. The summed E-state index contributed by atoms with van der Waals surface area (Å²) >= 11 is 8.63. The first-order chi connectivity index (χ1) is 9.67. The number of nitrogens with one attached hydrogen (secondary N) is 1. The first-order valence-electron chi connectivity index (χ1n) is 7.89. The van der Waals surface area contributed by atoms with Crippen LogP contribution in [0.3, 0.4) is 0 Å². The summed E-state index contributed by atoms with van der Waals surface area (Å²) in [5.41, 5.74) is 1.09. The van der Waals surface area contributed by atoms with E-state index in [0.717, 1.165) is 10.7 Å². The lowest BCUT2D eigenvalue weighted by Gasteiger charge is -2.21. The van der Waals surface area contributed by atoms with Gasteiger partial charge in [-0.05, 0) is 53.6 Å². The highest BCUT2D eigenvalue weighted by atomic mass is 127. The van der Waals surface area contributed by atoms with Crippen LogP contribution < -0.4 is 5.32 Å². The fourth-order valence-electron chi connectivity index (χ4n) is 2.40. The predicted octanol–water partition coefficient (Wildman–Crippen LogP) is 6.89. The molecule has 0 aromatic heterocycles. The van der Waals surface area contributed by atoms with Gasteiger partial charge in [-0.1, -0.05) is 64.0 Å². The first-order valence-corrected chi connectivity index (χ1v) is 9.34. The van der Waals surface area contributed by atoms with Crippen molar-refractivity contribution in [2.75, 3.05) is 5.32 Å². The molecular formula is C17H27ClIN. The smallest absolute Gasteiger partial charge is 0.0648 e. The van der Waals surface area contributed by atoms with Gasteiger partial charge in [0.15, 0.2) is 0 Å². The molecule has 0 aliphatic rings. The molecule has 114 valence electrons. The Balaban J connectivity index is 2.56. The molecule has 20 heavy (non-hydrogen) atoms. The van der Waals surface area contributed by atoms with Crippen molar-refractivity contribution in [2.24, 2.45) is 0 Å². The van der Waals surface area contributed by atoms with Gasteiger partial charge in [0, 0.05) is 9.61 Å². The normalized spacial score (nSPS) is 11.1. The molecule has 0 aliphatic carbocycles. The molecule has 1 aromatic rings. The molecule has 1 N–H and O–H groups in total. The van der Waals surface area contributed by atoms with Gasteiger partial charge in [0.1, 0.15) is 0 Å². The summed E-state index contributed by atoms with van der Waals surface area (Å²) in [6.07, 6.45) is 10.3. The molecule has 0 bridgehead atoms. The Hall–Kier alpha value is 0.0400. The van der Waals surface area contributed by atoms with E-state index in [1.807, 2.05) is 6.07 Å². The van der Waals surface area contributed by atoms with Crippen LogP contribution in [0.4, 0.5) is 5.69 Å². The predicted molar refractivity (Wildman–Crippen MR) is 99.9 cm³/mol. The molecular weight excluding hydrogens is 381 g/mol. The second-order valence-electron chi connectivity index (χ2n) is 5.46. The van der Waals surface area contributed by atoms with E-state index < -0.39 is 0 Å². The molecule has 0 unspecified atom stereocenters. The fraction of sp³-hybridized carbons (Fsp3) is 0.647. The molecule has 0 saturated carbocycles. The van der Waals surface area contributed by atoms with Gasteiger partial charge in [0.2, 0.25) is 0 Å². The van der Waals surface area contributed by atoms with E-state index in [9.17, 15) is 0 Å². The topological polar surface area (TPSA) is 12.0 Å². The van der Waals surface area contributed by atoms with Crippen LogP contribution >= 0.6 is 34.2 Å². The minimum absolute atomic E-state index is 0.561. The molecule has 3 heteroatoms. The zero-order valence-electron chi connectivity index (χ0n) is 12.7. The van der Waals surface area contributed by atoms with Crippen LogP contribution in [0.25, 0.3) is 0 Å². The Kier molecular flexibility index (Phi) is 9.70. The molecule has 0 amide bonds. The fourth-order valence-corrected chi connectivity index (χ4v) is 3.31. The second kappa shape index (κ2) is 10.7. The summed E-state index contributed by atoms with van der Waals surface area (Å²) in [5.74, 6) is 0. The van der Waals surface area contributed by atoms with Crippen molar-refractivity contribution in [1.29, 1.82) is 0 Å². The Labute approximate surface area is 143 Å². The van der Waals surface area contributed by atoms with Gasteiger partial charge >= 0.3 is 0 Å². The molecule has 0 heterocycles. The summed E-state index contributed by atoms with van der Waals surface area (Å²) in [7, 11) is 0. The molecule has 0 atom stereocenters. The quantitative estimate of drug-likeness (QED) is 0.329. The Morgan fingerprint density at radius 2 is 1.65 bits per heavy atom. The summed E-state index contributed by atoms with van der Waals surface area (Å²) < 4.78 is 1.19. The maximum absolute atomic E-state index is 6.33. The van der Waals surface area contributed by atoms with Crippen LogP contribution in [-0.2, 0) is 0 Å². The lowest BCUT2D eigenvalue weighted by atomic mass is 10.0. The van der Waals surface area contributed by atoms with Crippen molar-refractivity contribution in [3.63, 3.8) is 0 Å². The van der Waals surface area contributed by atoms with Crippen LogP contribution in [-0.4, -0.2) is 6.04 Å². The van der Waals surface area contributed by atoms with Crippen molar-refractivity contribution in [2.45, 2.75) is 71.3 Å². The van der Waals surface area contributed by atoms with Gasteiger partial charge in [0.25, 0.3) is 0 Å². The summed E-state index contributed by atoms with van der Waals surface area (Å²) in [6, 6.07) is 6.81. The minimum atomic E-state index is 0.561. The van der Waals surface area contributed by atoms with Gasteiger partial charge in [-0.2, -0.15) is 0 Å². The summed E-state index contributed by atoms with van der Waals surface area (Å²) in [6.45, 7) is 4.52. The lowest BCUT2D eigenvalue weighted by Crippen LogP contribution is -2.19. The summed E-state index contributed by atoms with van der Waals surface area (Å²) in [5, 5.41) is 4.50. The van der Waals surface area contributed by atoms with Gasteiger partial charge in [-0.15, -0.1) is 0 Å². The standard InChI is InChI=1S/C17H27ClIN/c1-3-5-7-9-15(10-8-6-4-2)20-17-12-11-14(19)13-16(17)18/h11-13,15,20H,3-10H2,1-2H3. The van der Waals surface area contributed by atoms with Gasteiger partial charge in [0.05, 0.1) is 10.7 Å². The van der Waals surface area contributed by atoms with Crippen LogP contribution in [0.15, 0.2) is 18.2 Å². The number of benzene rings is 1. The van der Waals surface area contributed by atoms with Gasteiger partial charge in [-0.3, -0.25) is 0 Å². The third kappa shape index (κ3) is 7.16. The van der Waals surface area contributed by atoms with Crippen LogP contribution in [0.2, 0.25) is 5.02 Å². The van der Waals surface area contributed by atoms with Gasteiger partial charge in [-0.25, -0.2) is 0 Å². The number of unbranched alkanes of at least 4 members (excludes halogenated alkanes) is 4. The monoisotopic (exact) mass is 407 g/mol. The van der Waals surface area contributed by atoms with Crippen molar-refractivity contribution in [3.05, 3.63) is 26.8 Å². The molecule has 0 radical (unpaired) electrons. The van der Waals surface area contributed by atoms with E-state index >= 15 is 0 Å². The largest absolute Gasteiger partial charge is 0.381 e. The highest BCUT2D eigenvalue weighted by Crippen LogP contribution is 2.26. The van der Waals surface area contributed by atoms with Crippen LogP contribution in [0.1, 0.15) is 65.2 Å². The van der Waals surface area contributed by atoms with E-state index in [-0.39, 0.29) is 0 Å². The first kappa shape index (κ1) is 18.1. The van der Waals surface area contributed by atoms with Crippen molar-refractivity contribution >= 4 is 39.9 Å². The number of hydrogen-bond acceptors (Lipinski definition) is 1. The Morgan fingerprint density at radius 1 is 1.05 bits per heavy atom. The van der Waals surface area contributed by atoms with E-state index in [0.29, 0.717) is 6.04 Å². The average molecular weight is 408 g/mol. The Bertz CT molecular complexity index is 371. The maximum Gasteiger partial charge on any atom is 0.0648 e. The SMILES string of the molecule is CCCCCC(CCCCC)Nc1ccc(I)cc1Cl. The van der Waals surface area contributed by atoms with E-state index in [4.69, 9.17) is 11.6 Å². The molecule has 0 fully saturated rings. The minimum Gasteiger partial charge on any atom is -0.381 e. The van der Waals surface area contributed by atoms with Crippen LogP contribution in [0, 0.1) is 3.57 Å². The molecule has 1 nitrogen and oxygen atoms in total. The van der Waals surface area contributed by atoms with Crippen molar-refractivity contribution in [1.82, 2.24) is 0 Å². The lowest BCUT2D eigenvalue weighted by molar-refractivity contribution is 0.526. The molecule has 0 saturated heterocycles. The third-order valence-corrected chi connectivity index (χ3v) is 4.59. The zero-order valence-corrected chi connectivity index (χ0v) is 15.6. The number of halogens is 2. The Morgan fingerprint density at radius 3 is 2.15 bits per heavy atom. The maximum atomic E-state index is 6.33. The molecule has 0 aliphatic heterocycles. The van der Waals surface area contributed by atoms with E-state index in [1.165, 1.54) is 54.9 Å². The highest BCUT2D eigenvalue weighted by Gasteiger charge is 2.10. The molecule has 1 rings (SSSR count). The van der Waals surface area contributed by atoms with Crippen molar-refractivity contribution in [3.8, 4) is 0 Å². The van der Waals surface area contributed by atoms with E-state index in [2.05, 4.69) is 53.9 Å². The number of hydrogen-bond donors (Lipinski definition) is 1. The zero-order chi connectivity index (χ0) is 14.8.